The standard InChI is InChI=1S/C11H8N2O5/c1-6-12-8(11(15)18-6)5-7-3-2-4-9(10(7)14)13(16)17/h2-5,14H,1H3/b8-5+. The summed E-state index contributed by atoms with van der Waals surface area (Å²) in [4.78, 5) is 25.0. The topological polar surface area (TPSA) is 102 Å². The van der Waals surface area contributed by atoms with Gasteiger partial charge in [-0.25, -0.2) is 9.79 Å². The molecular weight excluding hydrogens is 240 g/mol. The molecule has 0 saturated heterocycles. The van der Waals surface area contributed by atoms with Crippen LogP contribution < -0.4 is 0 Å². The fraction of sp³-hybridized carbons (Fsp3) is 0.0909. The monoisotopic (exact) mass is 248 g/mol. The number of nitro benzene ring substituents is 1. The van der Waals surface area contributed by atoms with Crippen LogP contribution in [0.25, 0.3) is 6.08 Å². The molecule has 7 nitrogen and oxygen atoms in total. The zero-order valence-corrected chi connectivity index (χ0v) is 9.28. The Morgan fingerprint density at radius 3 is 2.78 bits per heavy atom. The van der Waals surface area contributed by atoms with Crippen molar-refractivity contribution in [2.75, 3.05) is 0 Å². The third kappa shape index (κ3) is 2.05. The largest absolute Gasteiger partial charge is 0.502 e. The average molecular weight is 248 g/mol. The number of aliphatic imine (C=N–C) groups is 1. The Kier molecular flexibility index (Phi) is 2.80. The summed E-state index contributed by atoms with van der Waals surface area (Å²) in [6.45, 7) is 1.51. The number of nitro groups is 1. The molecule has 0 spiro atoms. The minimum Gasteiger partial charge on any atom is -0.502 e. The number of phenols is 1. The van der Waals surface area contributed by atoms with Crippen molar-refractivity contribution in [3.05, 3.63) is 39.6 Å². The smallest absolute Gasteiger partial charge is 0.363 e. The number of phenolic OH excluding ortho intramolecular Hbond substituents is 1. The third-order valence-corrected chi connectivity index (χ3v) is 2.26. The first-order valence-corrected chi connectivity index (χ1v) is 4.94. The van der Waals surface area contributed by atoms with E-state index in [0.717, 1.165) is 0 Å². The SMILES string of the molecule is CC1=N/C(=C/c2cccc([N+](=O)[O-])c2O)C(=O)O1. The van der Waals surface area contributed by atoms with Crippen molar-refractivity contribution in [2.24, 2.45) is 4.99 Å². The highest BCUT2D eigenvalue weighted by Gasteiger charge is 2.22. The van der Waals surface area contributed by atoms with Crippen LogP contribution in [-0.2, 0) is 9.53 Å². The first kappa shape index (κ1) is 11.8. The molecule has 0 atom stereocenters. The quantitative estimate of drug-likeness (QED) is 0.370. The van der Waals surface area contributed by atoms with Gasteiger partial charge >= 0.3 is 11.7 Å². The predicted octanol–water partition coefficient (Wildman–Crippen LogP) is 1.62. The summed E-state index contributed by atoms with van der Waals surface area (Å²) in [5.74, 6) is -0.975. The van der Waals surface area contributed by atoms with Gasteiger partial charge in [0.2, 0.25) is 5.75 Å². The highest BCUT2D eigenvalue weighted by Crippen LogP contribution is 2.31. The predicted molar refractivity (Wildman–Crippen MR) is 61.9 cm³/mol. The molecule has 1 N–H and O–H groups in total. The van der Waals surface area contributed by atoms with Crippen molar-refractivity contribution in [1.82, 2.24) is 0 Å². The molecule has 0 aliphatic carbocycles. The molecule has 0 fully saturated rings. The number of rotatable bonds is 2. The maximum Gasteiger partial charge on any atom is 0.363 e. The highest BCUT2D eigenvalue weighted by molar-refractivity contribution is 6.06. The second-order valence-corrected chi connectivity index (χ2v) is 3.52. The van der Waals surface area contributed by atoms with Crippen molar-refractivity contribution in [2.45, 2.75) is 6.92 Å². The lowest BCUT2D eigenvalue weighted by Crippen LogP contribution is -2.00. The summed E-state index contributed by atoms with van der Waals surface area (Å²) < 4.78 is 4.69. The highest BCUT2D eigenvalue weighted by atomic mass is 16.6. The normalized spacial score (nSPS) is 16.6. The van der Waals surface area contributed by atoms with Crippen LogP contribution in [0.4, 0.5) is 5.69 Å². The lowest BCUT2D eigenvalue weighted by Gasteiger charge is -1.99. The van der Waals surface area contributed by atoms with Crippen molar-refractivity contribution >= 4 is 23.6 Å². The van der Waals surface area contributed by atoms with Crippen molar-refractivity contribution in [3.8, 4) is 5.75 Å². The summed E-state index contributed by atoms with van der Waals surface area (Å²) in [5.41, 5.74) is -0.311. The van der Waals surface area contributed by atoms with Crippen LogP contribution in [0.15, 0.2) is 28.9 Å². The molecule has 7 heteroatoms. The molecule has 1 aliphatic rings. The summed E-state index contributed by atoms with van der Waals surface area (Å²) in [6.07, 6.45) is 1.24. The molecule has 0 amide bonds. The fourth-order valence-electron chi connectivity index (χ4n) is 1.48. The zero-order valence-electron chi connectivity index (χ0n) is 9.28. The molecule has 2 rings (SSSR count). The Bertz CT molecular complexity index is 603. The van der Waals surface area contributed by atoms with E-state index in [4.69, 9.17) is 4.74 Å². The van der Waals surface area contributed by atoms with Gasteiger partial charge in [0.25, 0.3) is 0 Å². The van der Waals surface area contributed by atoms with E-state index in [1.165, 1.54) is 31.2 Å². The van der Waals surface area contributed by atoms with Gasteiger partial charge in [0.15, 0.2) is 11.6 Å². The Morgan fingerprint density at radius 1 is 1.50 bits per heavy atom. The van der Waals surface area contributed by atoms with Crippen LogP contribution in [0.5, 0.6) is 5.75 Å². The molecule has 0 radical (unpaired) electrons. The van der Waals surface area contributed by atoms with Crippen LogP contribution in [0.3, 0.4) is 0 Å². The molecule has 0 aromatic heterocycles. The first-order chi connectivity index (χ1) is 8.49. The van der Waals surface area contributed by atoms with Crippen LogP contribution >= 0.6 is 0 Å². The third-order valence-electron chi connectivity index (χ3n) is 2.26. The van der Waals surface area contributed by atoms with E-state index < -0.39 is 22.3 Å². The Labute approximate surface area is 101 Å². The van der Waals surface area contributed by atoms with Gasteiger partial charge in [-0.05, 0) is 6.08 Å². The fourth-order valence-corrected chi connectivity index (χ4v) is 1.48. The number of esters is 1. The first-order valence-electron chi connectivity index (χ1n) is 4.94. The molecule has 1 aromatic carbocycles. The van der Waals surface area contributed by atoms with E-state index in [1.54, 1.807) is 0 Å². The Balaban J connectivity index is 2.48. The van der Waals surface area contributed by atoms with E-state index in [1.807, 2.05) is 0 Å². The maximum atomic E-state index is 11.3. The number of nitrogens with zero attached hydrogens (tertiary/aromatic N) is 2. The lowest BCUT2D eigenvalue weighted by atomic mass is 10.1. The van der Waals surface area contributed by atoms with Crippen LogP contribution in [0, 0.1) is 10.1 Å². The molecular formula is C11H8N2O5. The maximum absolute atomic E-state index is 11.3. The molecule has 1 aromatic rings. The van der Waals surface area contributed by atoms with Crippen molar-refractivity contribution < 1.29 is 19.6 Å². The van der Waals surface area contributed by atoms with Gasteiger partial charge in [-0.15, -0.1) is 0 Å². The van der Waals surface area contributed by atoms with Crippen LogP contribution in [-0.4, -0.2) is 21.9 Å². The van der Waals surface area contributed by atoms with Crippen molar-refractivity contribution in [1.29, 1.82) is 0 Å². The zero-order chi connectivity index (χ0) is 13.3. The molecule has 0 bridgehead atoms. The number of hydrogen-bond acceptors (Lipinski definition) is 6. The number of hydrogen-bond donors (Lipinski definition) is 1. The number of benzene rings is 1. The van der Waals surface area contributed by atoms with E-state index in [-0.39, 0.29) is 17.2 Å². The molecule has 92 valence electrons. The molecule has 18 heavy (non-hydrogen) atoms. The minimum atomic E-state index is -0.709. The van der Waals surface area contributed by atoms with E-state index in [9.17, 15) is 20.0 Å². The second kappa shape index (κ2) is 4.28. The van der Waals surface area contributed by atoms with Gasteiger partial charge in [-0.1, -0.05) is 12.1 Å². The average Bonchev–Trinajstić information content (AvgIpc) is 2.60. The molecule has 0 unspecified atom stereocenters. The Hall–Kier alpha value is -2.70. The number of cyclic esters (lactones) is 1. The van der Waals surface area contributed by atoms with Gasteiger partial charge in [-0.2, -0.15) is 0 Å². The summed E-state index contributed by atoms with van der Waals surface area (Å²) in [7, 11) is 0. The minimum absolute atomic E-state index is 0.0108. The van der Waals surface area contributed by atoms with Gasteiger partial charge < -0.3 is 9.84 Å². The number of ether oxygens (including phenoxy) is 1. The van der Waals surface area contributed by atoms with E-state index in [0.29, 0.717) is 0 Å². The van der Waals surface area contributed by atoms with Crippen molar-refractivity contribution in [3.63, 3.8) is 0 Å². The van der Waals surface area contributed by atoms with Crippen LogP contribution in [0.2, 0.25) is 0 Å². The summed E-state index contributed by atoms with van der Waals surface area (Å²) >= 11 is 0. The molecule has 0 saturated carbocycles. The Morgan fingerprint density at radius 2 is 2.22 bits per heavy atom. The van der Waals surface area contributed by atoms with E-state index in [2.05, 4.69) is 4.99 Å². The van der Waals surface area contributed by atoms with Gasteiger partial charge in [0.1, 0.15) is 0 Å². The molecule has 1 aliphatic heterocycles. The lowest BCUT2D eigenvalue weighted by molar-refractivity contribution is -0.385. The number of para-hydroxylation sites is 1. The summed E-state index contributed by atoms with van der Waals surface area (Å²) in [5, 5.41) is 20.3. The summed E-state index contributed by atoms with van der Waals surface area (Å²) in [6, 6.07) is 4.01. The number of aromatic hydroxyl groups is 1. The van der Waals surface area contributed by atoms with Crippen LogP contribution in [0.1, 0.15) is 12.5 Å². The van der Waals surface area contributed by atoms with Gasteiger partial charge in [0.05, 0.1) is 4.92 Å². The number of carbonyl (C=O) groups excluding carboxylic acids is 1. The second-order valence-electron chi connectivity index (χ2n) is 3.52. The molecule has 1 heterocycles. The van der Waals surface area contributed by atoms with Gasteiger partial charge in [0, 0.05) is 18.6 Å². The number of carbonyl (C=O) groups is 1. The van der Waals surface area contributed by atoms with E-state index >= 15 is 0 Å². The van der Waals surface area contributed by atoms with Gasteiger partial charge in [-0.3, -0.25) is 10.1 Å².